The highest BCUT2D eigenvalue weighted by atomic mass is 16.7. The van der Waals surface area contributed by atoms with Crippen LogP contribution in [0.3, 0.4) is 0 Å². The predicted octanol–water partition coefficient (Wildman–Crippen LogP) is 4.45. The van der Waals surface area contributed by atoms with Crippen molar-refractivity contribution in [3.63, 3.8) is 0 Å². The lowest BCUT2D eigenvalue weighted by Gasteiger charge is -2.08. The van der Waals surface area contributed by atoms with Crippen molar-refractivity contribution < 1.29 is 28.4 Å². The smallest absolute Gasteiger partial charge is 0.189 e. The molecule has 0 N–H and O–H groups in total. The summed E-state index contributed by atoms with van der Waals surface area (Å²) in [5.41, 5.74) is 2.13. The minimum Gasteiger partial charge on any atom is -0.491 e. The molecule has 0 bridgehead atoms. The fourth-order valence-electron chi connectivity index (χ4n) is 2.47. The molecule has 0 fully saturated rings. The van der Waals surface area contributed by atoms with Crippen LogP contribution in [0.5, 0.6) is 11.5 Å². The van der Waals surface area contributed by atoms with Gasteiger partial charge in [0.25, 0.3) is 0 Å². The van der Waals surface area contributed by atoms with Gasteiger partial charge in [0.1, 0.15) is 18.1 Å². The largest absolute Gasteiger partial charge is 0.491 e. The fraction of sp³-hybridized carbons (Fsp3) is 0.360. The summed E-state index contributed by atoms with van der Waals surface area (Å²) in [4.78, 5) is 0. The molecule has 6 heteroatoms. The summed E-state index contributed by atoms with van der Waals surface area (Å²) in [5, 5.41) is 0. The zero-order valence-electron chi connectivity index (χ0n) is 18.2. The van der Waals surface area contributed by atoms with E-state index in [1.807, 2.05) is 60.7 Å². The Morgan fingerprint density at radius 2 is 1.26 bits per heavy atom. The molecule has 168 valence electrons. The Kier molecular flexibility index (Phi) is 12.8. The van der Waals surface area contributed by atoms with Gasteiger partial charge in [0, 0.05) is 7.11 Å². The van der Waals surface area contributed by atoms with Crippen LogP contribution < -0.4 is 9.47 Å². The Balaban J connectivity index is 1.51. The molecule has 2 aromatic rings. The lowest BCUT2D eigenvalue weighted by atomic mass is 10.2. The molecule has 31 heavy (non-hydrogen) atoms. The molecule has 0 aliphatic heterocycles. The zero-order valence-corrected chi connectivity index (χ0v) is 18.2. The molecule has 0 radical (unpaired) electrons. The van der Waals surface area contributed by atoms with Crippen molar-refractivity contribution in [2.75, 3.05) is 60.2 Å². The Labute approximate surface area is 185 Å². The first-order valence-corrected chi connectivity index (χ1v) is 10.3. The molecular weight excluding hydrogens is 396 g/mol. The van der Waals surface area contributed by atoms with Crippen molar-refractivity contribution in [1.29, 1.82) is 0 Å². The average Bonchev–Trinajstić information content (AvgIpc) is 2.81. The first kappa shape index (κ1) is 24.6. The molecule has 0 spiro atoms. The van der Waals surface area contributed by atoms with E-state index in [9.17, 15) is 0 Å². The van der Waals surface area contributed by atoms with Gasteiger partial charge in [0.05, 0.1) is 39.6 Å². The third-order valence-corrected chi connectivity index (χ3v) is 4.13. The summed E-state index contributed by atoms with van der Waals surface area (Å²) < 4.78 is 32.3. The van der Waals surface area contributed by atoms with Crippen LogP contribution in [0.15, 0.2) is 61.2 Å². The second-order valence-electron chi connectivity index (χ2n) is 6.44. The van der Waals surface area contributed by atoms with Gasteiger partial charge < -0.3 is 28.4 Å². The Hall–Kier alpha value is -2.64. The van der Waals surface area contributed by atoms with Gasteiger partial charge in [-0.1, -0.05) is 49.1 Å². The second-order valence-corrected chi connectivity index (χ2v) is 6.44. The van der Waals surface area contributed by atoms with Crippen LogP contribution in [0.4, 0.5) is 0 Å². The molecule has 0 saturated heterocycles. The minimum atomic E-state index is 0.200. The summed E-state index contributed by atoms with van der Waals surface area (Å²) in [6.45, 7) is 7.70. The van der Waals surface area contributed by atoms with E-state index in [-0.39, 0.29) is 6.79 Å². The average molecular weight is 429 g/mol. The van der Waals surface area contributed by atoms with Gasteiger partial charge in [0.15, 0.2) is 6.79 Å². The van der Waals surface area contributed by atoms with E-state index in [0.29, 0.717) is 46.2 Å². The van der Waals surface area contributed by atoms with Crippen LogP contribution in [0.25, 0.3) is 12.2 Å². The van der Waals surface area contributed by atoms with Gasteiger partial charge in [0.2, 0.25) is 0 Å². The monoisotopic (exact) mass is 428 g/mol. The van der Waals surface area contributed by atoms with E-state index in [1.54, 1.807) is 13.2 Å². The normalized spacial score (nSPS) is 11.0. The molecule has 0 saturated carbocycles. The number of rotatable bonds is 17. The molecule has 6 nitrogen and oxygen atoms in total. The van der Waals surface area contributed by atoms with E-state index in [1.165, 1.54) is 0 Å². The maximum absolute atomic E-state index is 5.66. The summed E-state index contributed by atoms with van der Waals surface area (Å²) in [5.74, 6) is 1.58. The molecular formula is C25H32O6. The summed E-state index contributed by atoms with van der Waals surface area (Å²) in [7, 11) is 1.65. The van der Waals surface area contributed by atoms with Crippen LogP contribution in [0.2, 0.25) is 0 Å². The zero-order chi connectivity index (χ0) is 22.0. The highest BCUT2D eigenvalue weighted by molar-refractivity contribution is 5.50. The SMILES string of the molecule is C=Cc1ccc(OCOC/C=C/c2ccc(OCCOCCOCCOC)cc2)cc1. The third-order valence-electron chi connectivity index (χ3n) is 4.13. The summed E-state index contributed by atoms with van der Waals surface area (Å²) in [6, 6.07) is 15.5. The van der Waals surface area contributed by atoms with Crippen LogP contribution in [-0.2, 0) is 18.9 Å². The van der Waals surface area contributed by atoms with Crippen molar-refractivity contribution >= 4 is 12.2 Å². The van der Waals surface area contributed by atoms with Gasteiger partial charge >= 0.3 is 0 Å². The van der Waals surface area contributed by atoms with Gasteiger partial charge in [-0.3, -0.25) is 0 Å². The first-order valence-electron chi connectivity index (χ1n) is 10.3. The van der Waals surface area contributed by atoms with Crippen molar-refractivity contribution in [3.8, 4) is 11.5 Å². The molecule has 0 aromatic heterocycles. The molecule has 0 aliphatic rings. The molecule has 0 amide bonds. The maximum Gasteiger partial charge on any atom is 0.189 e. The van der Waals surface area contributed by atoms with E-state index < -0.39 is 0 Å². The number of hydrogen-bond donors (Lipinski definition) is 0. The second kappa shape index (κ2) is 16.1. The molecule has 2 aromatic carbocycles. The third kappa shape index (κ3) is 11.4. The molecule has 0 heterocycles. The highest BCUT2D eigenvalue weighted by Gasteiger charge is 1.96. The van der Waals surface area contributed by atoms with E-state index in [0.717, 1.165) is 22.6 Å². The van der Waals surface area contributed by atoms with E-state index in [2.05, 4.69) is 6.58 Å². The van der Waals surface area contributed by atoms with Crippen LogP contribution >= 0.6 is 0 Å². The number of methoxy groups -OCH3 is 1. The lowest BCUT2D eigenvalue weighted by molar-refractivity contribution is 0.0180. The molecule has 2 rings (SSSR count). The lowest BCUT2D eigenvalue weighted by Crippen LogP contribution is -2.12. The van der Waals surface area contributed by atoms with Gasteiger partial charge in [-0.15, -0.1) is 0 Å². The molecule has 0 unspecified atom stereocenters. The van der Waals surface area contributed by atoms with Crippen molar-refractivity contribution in [1.82, 2.24) is 0 Å². The van der Waals surface area contributed by atoms with Crippen molar-refractivity contribution in [2.45, 2.75) is 0 Å². The maximum atomic E-state index is 5.66. The summed E-state index contributed by atoms with van der Waals surface area (Å²) >= 11 is 0. The molecule has 0 atom stereocenters. The summed E-state index contributed by atoms with van der Waals surface area (Å²) in [6.07, 6.45) is 5.74. The topological polar surface area (TPSA) is 55.4 Å². The van der Waals surface area contributed by atoms with Gasteiger partial charge in [-0.25, -0.2) is 0 Å². The minimum absolute atomic E-state index is 0.200. The highest BCUT2D eigenvalue weighted by Crippen LogP contribution is 2.14. The molecule has 0 aliphatic carbocycles. The van der Waals surface area contributed by atoms with Crippen LogP contribution in [0, 0.1) is 0 Å². The van der Waals surface area contributed by atoms with Gasteiger partial charge in [-0.2, -0.15) is 0 Å². The van der Waals surface area contributed by atoms with Crippen LogP contribution in [-0.4, -0.2) is 60.2 Å². The standard InChI is InChI=1S/C25H32O6/c1-3-22-6-10-25(11-7-22)31-21-29-14-4-5-23-8-12-24(13-9-23)30-20-19-28-18-17-27-16-15-26-2/h3-13H,1,14-21H2,2H3/b5-4+. The first-order chi connectivity index (χ1) is 15.3. The van der Waals surface area contributed by atoms with E-state index in [4.69, 9.17) is 28.4 Å². The van der Waals surface area contributed by atoms with Gasteiger partial charge in [-0.05, 0) is 35.4 Å². The van der Waals surface area contributed by atoms with E-state index >= 15 is 0 Å². The van der Waals surface area contributed by atoms with Crippen molar-refractivity contribution in [2.24, 2.45) is 0 Å². The fourth-order valence-corrected chi connectivity index (χ4v) is 2.47. The van der Waals surface area contributed by atoms with Crippen molar-refractivity contribution in [3.05, 3.63) is 72.3 Å². The van der Waals surface area contributed by atoms with Crippen LogP contribution in [0.1, 0.15) is 11.1 Å². The number of hydrogen-bond acceptors (Lipinski definition) is 6. The Morgan fingerprint density at radius 1 is 0.677 bits per heavy atom. The Bertz CT molecular complexity index is 740. The predicted molar refractivity (Wildman–Crippen MR) is 122 cm³/mol. The number of benzene rings is 2. The Morgan fingerprint density at radius 3 is 1.90 bits per heavy atom. The quantitative estimate of drug-likeness (QED) is 0.274. The number of ether oxygens (including phenoxy) is 6.